The molecule has 1 unspecified atom stereocenters. The molecule has 0 amide bonds. The molecule has 1 heterocycles. The predicted octanol–water partition coefficient (Wildman–Crippen LogP) is 2.47. The highest BCUT2D eigenvalue weighted by Gasteiger charge is 2.17. The van der Waals surface area contributed by atoms with Gasteiger partial charge in [0, 0.05) is 36.0 Å². The van der Waals surface area contributed by atoms with Crippen LogP contribution in [0, 0.1) is 23.0 Å². The zero-order valence-corrected chi connectivity index (χ0v) is 11.4. The lowest BCUT2D eigenvalue weighted by Crippen LogP contribution is -2.35. The Kier molecular flexibility index (Phi) is 5.22. The van der Waals surface area contributed by atoms with Gasteiger partial charge in [-0.15, -0.1) is 0 Å². The van der Waals surface area contributed by atoms with Crippen molar-refractivity contribution < 1.29 is 4.92 Å². The summed E-state index contributed by atoms with van der Waals surface area (Å²) in [5.74, 6) is 0.465. The maximum absolute atomic E-state index is 10.9. The second kappa shape index (κ2) is 6.44. The van der Waals surface area contributed by atoms with Gasteiger partial charge in [-0.1, -0.05) is 20.8 Å². The molecule has 18 heavy (non-hydrogen) atoms. The number of pyridine rings is 1. The summed E-state index contributed by atoms with van der Waals surface area (Å²) < 4.78 is 0. The van der Waals surface area contributed by atoms with Gasteiger partial charge in [0.2, 0.25) is 0 Å². The Bertz CT molecular complexity index is 419. The first-order chi connectivity index (χ1) is 8.45. The molecule has 5 nitrogen and oxygen atoms in total. The van der Waals surface area contributed by atoms with E-state index in [1.165, 1.54) is 0 Å². The summed E-state index contributed by atoms with van der Waals surface area (Å²) in [7, 11) is 0. The SMILES string of the molecule is CCNC(Cc1cc([N+](=O)[O-])c(C)cn1)C(C)C. The van der Waals surface area contributed by atoms with Gasteiger partial charge in [0.25, 0.3) is 5.69 Å². The lowest BCUT2D eigenvalue weighted by Gasteiger charge is -2.21. The van der Waals surface area contributed by atoms with Crippen LogP contribution in [0.1, 0.15) is 32.0 Å². The molecular weight excluding hydrogens is 230 g/mol. The molecule has 1 aromatic rings. The summed E-state index contributed by atoms with van der Waals surface area (Å²) in [6.45, 7) is 8.92. The van der Waals surface area contributed by atoms with Crippen LogP contribution in [0.4, 0.5) is 5.69 Å². The molecular formula is C13H21N3O2. The third-order valence-electron chi connectivity index (χ3n) is 3.03. The number of hydrogen-bond acceptors (Lipinski definition) is 4. The van der Waals surface area contributed by atoms with Gasteiger partial charge in [0.15, 0.2) is 0 Å². The highest BCUT2D eigenvalue weighted by atomic mass is 16.6. The summed E-state index contributed by atoms with van der Waals surface area (Å²) in [4.78, 5) is 14.8. The van der Waals surface area contributed by atoms with E-state index in [1.54, 1.807) is 19.2 Å². The molecule has 0 aliphatic rings. The van der Waals surface area contributed by atoms with Crippen molar-refractivity contribution in [2.45, 2.75) is 40.2 Å². The monoisotopic (exact) mass is 251 g/mol. The fourth-order valence-electron chi connectivity index (χ4n) is 1.89. The Labute approximate surface area is 108 Å². The Balaban J connectivity index is 2.89. The Morgan fingerprint density at radius 3 is 2.67 bits per heavy atom. The van der Waals surface area contributed by atoms with Crippen molar-refractivity contribution >= 4 is 5.69 Å². The zero-order chi connectivity index (χ0) is 13.7. The van der Waals surface area contributed by atoms with Crippen LogP contribution < -0.4 is 5.32 Å². The van der Waals surface area contributed by atoms with Crippen LogP contribution >= 0.6 is 0 Å². The molecule has 1 aromatic heterocycles. The van der Waals surface area contributed by atoms with Crippen molar-refractivity contribution in [3.8, 4) is 0 Å². The fraction of sp³-hybridized carbons (Fsp3) is 0.615. The van der Waals surface area contributed by atoms with Gasteiger partial charge in [-0.25, -0.2) is 0 Å². The van der Waals surface area contributed by atoms with Crippen LogP contribution in [-0.2, 0) is 6.42 Å². The number of likely N-dealkylation sites (N-methyl/N-ethyl adjacent to an activating group) is 1. The Morgan fingerprint density at radius 2 is 2.17 bits per heavy atom. The Morgan fingerprint density at radius 1 is 1.50 bits per heavy atom. The Hall–Kier alpha value is -1.49. The summed E-state index contributed by atoms with van der Waals surface area (Å²) in [5.41, 5.74) is 1.53. The van der Waals surface area contributed by atoms with E-state index in [-0.39, 0.29) is 10.6 Å². The van der Waals surface area contributed by atoms with Gasteiger partial charge in [-0.3, -0.25) is 15.1 Å². The largest absolute Gasteiger partial charge is 0.314 e. The number of hydrogen-bond donors (Lipinski definition) is 1. The topological polar surface area (TPSA) is 68.1 Å². The third kappa shape index (κ3) is 3.77. The quantitative estimate of drug-likeness (QED) is 0.623. The summed E-state index contributed by atoms with van der Waals surface area (Å²) in [6.07, 6.45) is 2.30. The lowest BCUT2D eigenvalue weighted by atomic mass is 9.98. The van der Waals surface area contributed by atoms with Crippen LogP contribution in [0.5, 0.6) is 0 Å². The highest BCUT2D eigenvalue weighted by Crippen LogP contribution is 2.19. The van der Waals surface area contributed by atoms with E-state index in [0.29, 0.717) is 23.9 Å². The molecule has 1 rings (SSSR count). The first-order valence-electron chi connectivity index (χ1n) is 6.29. The normalized spacial score (nSPS) is 12.7. The van der Waals surface area contributed by atoms with Gasteiger partial charge < -0.3 is 5.32 Å². The number of nitrogens with one attached hydrogen (secondary N) is 1. The minimum absolute atomic E-state index is 0.152. The first kappa shape index (κ1) is 14.6. The van der Waals surface area contributed by atoms with Crippen LogP contribution in [0.3, 0.4) is 0 Å². The number of rotatable bonds is 6. The van der Waals surface area contributed by atoms with E-state index in [9.17, 15) is 10.1 Å². The van der Waals surface area contributed by atoms with Gasteiger partial charge >= 0.3 is 0 Å². The van der Waals surface area contributed by atoms with Crippen molar-refractivity contribution in [3.05, 3.63) is 33.6 Å². The smallest absolute Gasteiger partial charge is 0.275 e. The van der Waals surface area contributed by atoms with Crippen LogP contribution in [-0.4, -0.2) is 22.5 Å². The molecule has 0 fully saturated rings. The van der Waals surface area contributed by atoms with Crippen LogP contribution in [0.2, 0.25) is 0 Å². The van der Waals surface area contributed by atoms with Crippen molar-refractivity contribution in [2.24, 2.45) is 5.92 Å². The molecule has 0 radical (unpaired) electrons. The maximum Gasteiger partial charge on any atom is 0.275 e. The van der Waals surface area contributed by atoms with Crippen LogP contribution in [0.15, 0.2) is 12.3 Å². The molecule has 1 N–H and O–H groups in total. The molecule has 0 aliphatic carbocycles. The van der Waals surface area contributed by atoms with Gasteiger partial charge in [0.05, 0.1) is 4.92 Å². The summed E-state index contributed by atoms with van der Waals surface area (Å²) in [5, 5.41) is 14.3. The number of nitrogens with zero attached hydrogens (tertiary/aromatic N) is 2. The molecule has 0 saturated carbocycles. The van der Waals surface area contributed by atoms with Crippen molar-refractivity contribution in [1.82, 2.24) is 10.3 Å². The number of nitro groups is 1. The third-order valence-corrected chi connectivity index (χ3v) is 3.03. The zero-order valence-electron chi connectivity index (χ0n) is 11.4. The standard InChI is InChI=1S/C13H21N3O2/c1-5-14-12(9(2)3)6-11-7-13(16(17)18)10(4)8-15-11/h7-9,12,14H,5-6H2,1-4H3. The maximum atomic E-state index is 10.9. The summed E-state index contributed by atoms with van der Waals surface area (Å²) in [6, 6.07) is 1.88. The fourth-order valence-corrected chi connectivity index (χ4v) is 1.89. The van der Waals surface area contributed by atoms with E-state index in [2.05, 4.69) is 31.1 Å². The second-order valence-electron chi connectivity index (χ2n) is 4.83. The number of aryl methyl sites for hydroxylation is 1. The molecule has 0 aromatic carbocycles. The predicted molar refractivity (Wildman–Crippen MR) is 71.6 cm³/mol. The van der Waals surface area contributed by atoms with Gasteiger partial charge in [-0.2, -0.15) is 0 Å². The first-order valence-corrected chi connectivity index (χ1v) is 6.29. The molecule has 100 valence electrons. The van der Waals surface area contributed by atoms with Gasteiger partial charge in [0.1, 0.15) is 0 Å². The molecule has 0 bridgehead atoms. The average molecular weight is 251 g/mol. The number of aromatic nitrogens is 1. The minimum Gasteiger partial charge on any atom is -0.314 e. The highest BCUT2D eigenvalue weighted by molar-refractivity contribution is 5.38. The summed E-state index contributed by atoms with van der Waals surface area (Å²) >= 11 is 0. The van der Waals surface area contributed by atoms with Crippen molar-refractivity contribution in [3.63, 3.8) is 0 Å². The molecule has 5 heteroatoms. The molecule has 1 atom stereocenters. The lowest BCUT2D eigenvalue weighted by molar-refractivity contribution is -0.385. The van der Waals surface area contributed by atoms with E-state index in [0.717, 1.165) is 12.2 Å². The molecule has 0 aliphatic heterocycles. The van der Waals surface area contributed by atoms with Crippen molar-refractivity contribution in [2.75, 3.05) is 6.54 Å². The van der Waals surface area contributed by atoms with Crippen LogP contribution in [0.25, 0.3) is 0 Å². The van der Waals surface area contributed by atoms with Gasteiger partial charge in [-0.05, 0) is 19.4 Å². The molecule has 0 saturated heterocycles. The van der Waals surface area contributed by atoms with E-state index < -0.39 is 0 Å². The van der Waals surface area contributed by atoms with Crippen molar-refractivity contribution in [1.29, 1.82) is 0 Å². The average Bonchev–Trinajstić information content (AvgIpc) is 2.30. The van der Waals surface area contributed by atoms with E-state index >= 15 is 0 Å². The molecule has 0 spiro atoms. The second-order valence-corrected chi connectivity index (χ2v) is 4.83. The minimum atomic E-state index is -0.349. The van der Waals surface area contributed by atoms with E-state index in [1.807, 2.05) is 0 Å². The van der Waals surface area contributed by atoms with E-state index in [4.69, 9.17) is 0 Å².